The topological polar surface area (TPSA) is 68.2 Å². The lowest BCUT2D eigenvalue weighted by atomic mass is 9.97. The number of pyridine rings is 1. The molecule has 2 fully saturated rings. The number of carbonyl (C=O) groups excluding carboxylic acids is 1. The number of hydrogen-bond acceptors (Lipinski definition) is 5. The Hall–Kier alpha value is -3.70. The second kappa shape index (κ2) is 8.75. The first-order chi connectivity index (χ1) is 17.0. The van der Waals surface area contributed by atoms with Crippen molar-refractivity contribution in [3.63, 3.8) is 0 Å². The maximum atomic E-state index is 14.2. The van der Waals surface area contributed by atoms with Crippen molar-refractivity contribution in [2.24, 2.45) is 5.92 Å². The van der Waals surface area contributed by atoms with Crippen LogP contribution in [-0.4, -0.2) is 43.9 Å². The third kappa shape index (κ3) is 4.24. The molecule has 2 aromatic heterocycles. The molecular formula is C24H18F6N4O2. The van der Waals surface area contributed by atoms with E-state index in [0.717, 1.165) is 30.6 Å². The molecule has 4 atom stereocenters. The van der Waals surface area contributed by atoms with Crippen molar-refractivity contribution in [1.29, 1.82) is 0 Å². The average molecular weight is 508 g/mol. The largest absolute Gasteiger partial charge is 0.472 e. The van der Waals surface area contributed by atoms with Crippen molar-refractivity contribution in [3.8, 4) is 17.3 Å². The number of hydrogen-bond donors (Lipinski definition) is 0. The summed E-state index contributed by atoms with van der Waals surface area (Å²) in [6.07, 6.45) is -2.66. The highest BCUT2D eigenvalue weighted by Crippen LogP contribution is 2.45. The molecule has 1 amide bonds. The van der Waals surface area contributed by atoms with Gasteiger partial charge in [0.05, 0.1) is 24.0 Å². The van der Waals surface area contributed by atoms with Gasteiger partial charge in [0.15, 0.2) is 11.6 Å². The van der Waals surface area contributed by atoms with E-state index >= 15 is 0 Å². The number of rotatable bonds is 4. The number of likely N-dealkylation sites (tertiary alicyclic amines) is 1. The molecule has 2 bridgehead atoms. The van der Waals surface area contributed by atoms with E-state index in [4.69, 9.17) is 4.74 Å². The molecule has 0 N–H and O–H groups in total. The minimum absolute atomic E-state index is 0.00215. The smallest absolute Gasteiger partial charge is 0.420 e. The molecule has 3 heterocycles. The molecule has 1 saturated carbocycles. The van der Waals surface area contributed by atoms with Gasteiger partial charge in [-0.05, 0) is 49.9 Å². The standard InChI is InChI=1S/C24H18F6N4O2/c1-11-12-6-18(19(7-12)36-20-5-4-17(21(27)33-20)24(28,29)30)34(11)23(35)16-8-13(25)2-3-15(16)22-31-9-14(26)10-32-22/h2-5,8-12,18-19H,6-7H2,1H3/t11-,12-,18+,19-/m1/s1. The van der Waals surface area contributed by atoms with Crippen LogP contribution in [0.15, 0.2) is 42.7 Å². The zero-order valence-electron chi connectivity index (χ0n) is 18.6. The van der Waals surface area contributed by atoms with Gasteiger partial charge in [0.1, 0.15) is 17.5 Å². The lowest BCUT2D eigenvalue weighted by molar-refractivity contribution is -0.140. The maximum absolute atomic E-state index is 14.2. The van der Waals surface area contributed by atoms with Crippen LogP contribution in [0.1, 0.15) is 35.7 Å². The summed E-state index contributed by atoms with van der Waals surface area (Å²) in [6, 6.07) is 4.25. The number of halogens is 6. The molecule has 0 spiro atoms. The Bertz CT molecular complexity index is 1320. The van der Waals surface area contributed by atoms with Crippen molar-refractivity contribution in [2.45, 2.75) is 44.1 Å². The second-order valence-electron chi connectivity index (χ2n) is 8.81. The quantitative estimate of drug-likeness (QED) is 0.365. The molecule has 0 radical (unpaired) electrons. The van der Waals surface area contributed by atoms with Gasteiger partial charge in [-0.15, -0.1) is 0 Å². The van der Waals surface area contributed by atoms with E-state index in [9.17, 15) is 31.1 Å². The van der Waals surface area contributed by atoms with Gasteiger partial charge in [-0.3, -0.25) is 4.79 Å². The number of benzene rings is 1. The number of amides is 1. The van der Waals surface area contributed by atoms with Crippen LogP contribution in [-0.2, 0) is 6.18 Å². The lowest BCUT2D eigenvalue weighted by Crippen LogP contribution is -2.51. The summed E-state index contributed by atoms with van der Waals surface area (Å²) < 4.78 is 85.6. The molecule has 36 heavy (non-hydrogen) atoms. The van der Waals surface area contributed by atoms with Crippen molar-refractivity contribution in [3.05, 3.63) is 71.4 Å². The second-order valence-corrected chi connectivity index (χ2v) is 8.81. The van der Waals surface area contributed by atoms with Crippen LogP contribution in [0.2, 0.25) is 0 Å². The number of ether oxygens (including phenoxy) is 1. The Morgan fingerprint density at radius 3 is 2.39 bits per heavy atom. The minimum Gasteiger partial charge on any atom is -0.472 e. The van der Waals surface area contributed by atoms with Gasteiger partial charge >= 0.3 is 6.18 Å². The van der Waals surface area contributed by atoms with E-state index in [0.29, 0.717) is 18.9 Å². The van der Waals surface area contributed by atoms with Crippen LogP contribution in [0.3, 0.4) is 0 Å². The molecule has 1 aliphatic heterocycles. The number of fused-ring (bicyclic) bond motifs is 2. The van der Waals surface area contributed by atoms with Crippen molar-refractivity contribution >= 4 is 5.91 Å². The normalized spacial score (nSPS) is 23.2. The first kappa shape index (κ1) is 24.0. The first-order valence-corrected chi connectivity index (χ1v) is 11.0. The zero-order chi connectivity index (χ0) is 25.8. The molecule has 188 valence electrons. The minimum atomic E-state index is -4.89. The molecule has 2 aliphatic rings. The zero-order valence-corrected chi connectivity index (χ0v) is 18.6. The summed E-state index contributed by atoms with van der Waals surface area (Å²) in [5.41, 5.74) is -1.33. The molecule has 1 saturated heterocycles. The maximum Gasteiger partial charge on any atom is 0.420 e. The van der Waals surface area contributed by atoms with E-state index in [1.54, 1.807) is 0 Å². The molecule has 3 aromatic rings. The summed E-state index contributed by atoms with van der Waals surface area (Å²) in [6.45, 7) is 1.84. The monoisotopic (exact) mass is 508 g/mol. The third-order valence-corrected chi connectivity index (χ3v) is 6.70. The highest BCUT2D eigenvalue weighted by molar-refractivity contribution is 6.00. The Morgan fingerprint density at radius 2 is 1.75 bits per heavy atom. The highest BCUT2D eigenvalue weighted by atomic mass is 19.4. The summed E-state index contributed by atoms with van der Waals surface area (Å²) in [4.78, 5) is 26.2. The van der Waals surface area contributed by atoms with Crippen molar-refractivity contribution in [2.75, 3.05) is 0 Å². The number of nitrogens with zero attached hydrogens (tertiary/aromatic N) is 4. The Labute approximate surface area is 201 Å². The van der Waals surface area contributed by atoms with Crippen LogP contribution in [0.4, 0.5) is 26.3 Å². The Morgan fingerprint density at radius 1 is 1.03 bits per heavy atom. The van der Waals surface area contributed by atoms with E-state index < -0.39 is 47.4 Å². The molecule has 0 unspecified atom stereocenters. The number of alkyl halides is 3. The number of aromatic nitrogens is 3. The fourth-order valence-corrected chi connectivity index (χ4v) is 5.02. The SMILES string of the molecule is C[C@@H]1[C@H]2C[C@@H](Oc3ccc(C(F)(F)F)c(F)n3)[C@H](C2)N1C(=O)c1cc(F)ccc1-c1ncc(F)cn1. The molecule has 1 aliphatic carbocycles. The first-order valence-electron chi connectivity index (χ1n) is 11.0. The average Bonchev–Trinajstić information content (AvgIpc) is 3.36. The predicted molar refractivity (Wildman–Crippen MR) is 113 cm³/mol. The third-order valence-electron chi connectivity index (χ3n) is 6.70. The Kier molecular flexibility index (Phi) is 5.84. The van der Waals surface area contributed by atoms with Gasteiger partial charge < -0.3 is 9.64 Å². The summed E-state index contributed by atoms with van der Waals surface area (Å²) in [5.74, 6) is -3.86. The van der Waals surface area contributed by atoms with Gasteiger partial charge in [-0.25, -0.2) is 18.7 Å². The van der Waals surface area contributed by atoms with Crippen molar-refractivity contribution < 1.29 is 35.9 Å². The van der Waals surface area contributed by atoms with E-state index in [1.807, 2.05) is 6.92 Å². The van der Waals surface area contributed by atoms with Crippen LogP contribution < -0.4 is 4.74 Å². The molecular weight excluding hydrogens is 490 g/mol. The van der Waals surface area contributed by atoms with Crippen LogP contribution >= 0.6 is 0 Å². The van der Waals surface area contributed by atoms with Crippen LogP contribution in [0.25, 0.3) is 11.4 Å². The Balaban J connectivity index is 1.42. The summed E-state index contributed by atoms with van der Waals surface area (Å²) >= 11 is 0. The van der Waals surface area contributed by atoms with E-state index in [2.05, 4.69) is 15.0 Å². The fraction of sp³-hybridized carbons (Fsp3) is 0.333. The number of piperidine rings is 1. The van der Waals surface area contributed by atoms with Gasteiger partial charge in [0.2, 0.25) is 11.8 Å². The lowest BCUT2D eigenvalue weighted by Gasteiger charge is -2.38. The van der Waals surface area contributed by atoms with Crippen LogP contribution in [0.5, 0.6) is 5.88 Å². The van der Waals surface area contributed by atoms with E-state index in [1.165, 1.54) is 11.0 Å². The van der Waals surface area contributed by atoms with Crippen molar-refractivity contribution in [1.82, 2.24) is 19.9 Å². The molecule has 12 heteroatoms. The van der Waals surface area contributed by atoms with Gasteiger partial charge in [0.25, 0.3) is 5.91 Å². The highest BCUT2D eigenvalue weighted by Gasteiger charge is 2.53. The summed E-state index contributed by atoms with van der Waals surface area (Å²) in [7, 11) is 0. The fourth-order valence-electron chi connectivity index (χ4n) is 5.02. The number of carbonyl (C=O) groups is 1. The van der Waals surface area contributed by atoms with Crippen LogP contribution in [0, 0.1) is 23.5 Å². The van der Waals surface area contributed by atoms with Gasteiger partial charge in [0, 0.05) is 17.7 Å². The molecule has 5 rings (SSSR count). The predicted octanol–water partition coefficient (Wildman–Crippen LogP) is 5.05. The summed E-state index contributed by atoms with van der Waals surface area (Å²) in [5, 5.41) is 0. The van der Waals surface area contributed by atoms with E-state index in [-0.39, 0.29) is 34.8 Å². The van der Waals surface area contributed by atoms with Gasteiger partial charge in [-0.2, -0.15) is 22.5 Å². The molecule has 1 aromatic carbocycles. The molecule has 6 nitrogen and oxygen atoms in total. The van der Waals surface area contributed by atoms with Gasteiger partial charge in [-0.1, -0.05) is 0 Å².